The van der Waals surface area contributed by atoms with E-state index in [2.05, 4.69) is 10.1 Å². The van der Waals surface area contributed by atoms with Crippen LogP contribution in [0.3, 0.4) is 0 Å². The number of carbonyl (C=O) groups is 1. The first-order valence-corrected chi connectivity index (χ1v) is 7.29. The molecule has 2 N–H and O–H groups in total. The van der Waals surface area contributed by atoms with Crippen LogP contribution in [0, 0.1) is 5.41 Å². The highest BCUT2D eigenvalue weighted by Gasteiger charge is 2.36. The average molecular weight is 298 g/mol. The molecule has 1 rings (SSSR count). The van der Waals surface area contributed by atoms with Gasteiger partial charge in [0.1, 0.15) is 0 Å². The zero-order chi connectivity index (χ0) is 15.9. The molecule has 1 amide bonds. The number of aromatic nitrogens is 2. The Labute approximate surface area is 125 Å². The third-order valence-electron chi connectivity index (χ3n) is 3.96. The van der Waals surface area contributed by atoms with Crippen LogP contribution < -0.4 is 5.73 Å². The molecule has 0 bridgehead atoms. The van der Waals surface area contributed by atoms with E-state index in [0.717, 1.165) is 0 Å². The van der Waals surface area contributed by atoms with Crippen LogP contribution in [-0.2, 0) is 22.5 Å². The topological polar surface area (TPSA) is 94.5 Å². The lowest BCUT2D eigenvalue weighted by Gasteiger charge is -2.32. The Kier molecular flexibility index (Phi) is 6.77. The first kappa shape index (κ1) is 17.6. The summed E-state index contributed by atoms with van der Waals surface area (Å²) in [6.07, 6.45) is 2.02. The summed E-state index contributed by atoms with van der Waals surface area (Å²) in [6.45, 7) is 5.14. The number of rotatable bonds is 9. The van der Waals surface area contributed by atoms with Gasteiger partial charge in [0.25, 0.3) is 0 Å². The van der Waals surface area contributed by atoms with Gasteiger partial charge >= 0.3 is 0 Å². The summed E-state index contributed by atoms with van der Waals surface area (Å²) in [4.78, 5) is 18.4. The average Bonchev–Trinajstić information content (AvgIpc) is 2.94. The summed E-state index contributed by atoms with van der Waals surface area (Å²) >= 11 is 0. The fourth-order valence-corrected chi connectivity index (χ4v) is 2.26. The lowest BCUT2D eigenvalue weighted by atomic mass is 9.81. The monoisotopic (exact) mass is 298 g/mol. The Balaban J connectivity index is 2.69. The SMILES string of the molecule is CCC(CC)(CN)C(=O)N(C)Cc1nc(CCOC)no1. The van der Waals surface area contributed by atoms with Gasteiger partial charge in [0.05, 0.1) is 18.6 Å². The molecule has 0 fully saturated rings. The molecule has 7 heteroatoms. The molecular formula is C14H26N4O3. The first-order valence-electron chi connectivity index (χ1n) is 7.29. The first-order chi connectivity index (χ1) is 10.0. The highest BCUT2D eigenvalue weighted by molar-refractivity contribution is 5.82. The number of ether oxygens (including phenoxy) is 1. The molecule has 0 saturated carbocycles. The molecule has 21 heavy (non-hydrogen) atoms. The van der Waals surface area contributed by atoms with Crippen molar-refractivity contribution in [1.29, 1.82) is 0 Å². The number of nitrogens with two attached hydrogens (primary N) is 1. The minimum atomic E-state index is -0.506. The van der Waals surface area contributed by atoms with E-state index in [0.29, 0.717) is 50.7 Å². The molecule has 0 unspecified atom stereocenters. The molecule has 0 saturated heterocycles. The second kappa shape index (κ2) is 8.09. The lowest BCUT2D eigenvalue weighted by Crippen LogP contribution is -2.45. The van der Waals surface area contributed by atoms with Crippen LogP contribution in [0.2, 0.25) is 0 Å². The molecule has 0 radical (unpaired) electrons. The highest BCUT2D eigenvalue weighted by Crippen LogP contribution is 2.27. The van der Waals surface area contributed by atoms with Crippen molar-refractivity contribution in [1.82, 2.24) is 15.0 Å². The van der Waals surface area contributed by atoms with E-state index >= 15 is 0 Å². The van der Waals surface area contributed by atoms with Gasteiger partial charge in [-0.05, 0) is 12.8 Å². The number of hydrogen-bond acceptors (Lipinski definition) is 6. The zero-order valence-electron chi connectivity index (χ0n) is 13.4. The van der Waals surface area contributed by atoms with Gasteiger partial charge in [-0.2, -0.15) is 4.98 Å². The zero-order valence-corrected chi connectivity index (χ0v) is 13.4. The van der Waals surface area contributed by atoms with Crippen LogP contribution in [0.5, 0.6) is 0 Å². The van der Waals surface area contributed by atoms with Crippen molar-refractivity contribution < 1.29 is 14.1 Å². The van der Waals surface area contributed by atoms with Gasteiger partial charge in [-0.25, -0.2) is 0 Å². The fourth-order valence-electron chi connectivity index (χ4n) is 2.26. The molecule has 0 aliphatic carbocycles. The summed E-state index contributed by atoms with van der Waals surface area (Å²) in [7, 11) is 3.35. The van der Waals surface area contributed by atoms with E-state index in [1.807, 2.05) is 13.8 Å². The van der Waals surface area contributed by atoms with Gasteiger partial charge in [0.2, 0.25) is 11.8 Å². The van der Waals surface area contributed by atoms with E-state index in [-0.39, 0.29) is 5.91 Å². The second-order valence-electron chi connectivity index (χ2n) is 5.20. The van der Waals surface area contributed by atoms with Crippen molar-refractivity contribution in [3.8, 4) is 0 Å². The van der Waals surface area contributed by atoms with Gasteiger partial charge in [-0.1, -0.05) is 19.0 Å². The number of hydrogen-bond donors (Lipinski definition) is 1. The summed E-state index contributed by atoms with van der Waals surface area (Å²) in [6, 6.07) is 0. The van der Waals surface area contributed by atoms with Gasteiger partial charge in [0, 0.05) is 27.1 Å². The molecule has 1 heterocycles. The third kappa shape index (κ3) is 4.25. The summed E-state index contributed by atoms with van der Waals surface area (Å²) in [5.74, 6) is 1.03. The van der Waals surface area contributed by atoms with Crippen molar-refractivity contribution in [2.45, 2.75) is 39.7 Å². The smallest absolute Gasteiger partial charge is 0.246 e. The van der Waals surface area contributed by atoms with Crippen LogP contribution in [0.1, 0.15) is 38.4 Å². The second-order valence-corrected chi connectivity index (χ2v) is 5.20. The maximum Gasteiger partial charge on any atom is 0.246 e. The summed E-state index contributed by atoms with van der Waals surface area (Å²) in [5, 5.41) is 3.86. The van der Waals surface area contributed by atoms with E-state index < -0.39 is 5.41 Å². The van der Waals surface area contributed by atoms with Crippen molar-refractivity contribution in [2.75, 3.05) is 27.3 Å². The molecule has 1 aromatic heterocycles. The van der Waals surface area contributed by atoms with Crippen molar-refractivity contribution in [2.24, 2.45) is 11.1 Å². The molecule has 0 aliphatic rings. The van der Waals surface area contributed by atoms with E-state index in [1.165, 1.54) is 0 Å². The molecule has 0 aromatic carbocycles. The largest absolute Gasteiger partial charge is 0.384 e. The van der Waals surface area contributed by atoms with Crippen molar-refractivity contribution in [3.05, 3.63) is 11.7 Å². The summed E-state index contributed by atoms with van der Waals surface area (Å²) < 4.78 is 10.1. The van der Waals surface area contributed by atoms with Gasteiger partial charge < -0.3 is 19.9 Å². The molecule has 0 spiro atoms. The Morgan fingerprint density at radius 3 is 2.62 bits per heavy atom. The molecule has 120 valence electrons. The van der Waals surface area contributed by atoms with Crippen LogP contribution in [-0.4, -0.2) is 48.3 Å². The van der Waals surface area contributed by atoms with E-state index in [9.17, 15) is 4.79 Å². The van der Waals surface area contributed by atoms with Crippen LogP contribution in [0.15, 0.2) is 4.52 Å². The summed E-state index contributed by atoms with van der Waals surface area (Å²) in [5.41, 5.74) is 5.30. The van der Waals surface area contributed by atoms with Crippen LogP contribution in [0.4, 0.5) is 0 Å². The molecule has 7 nitrogen and oxygen atoms in total. The van der Waals surface area contributed by atoms with Gasteiger partial charge in [-0.15, -0.1) is 0 Å². The predicted octanol–water partition coefficient (Wildman–Crippen LogP) is 0.982. The number of carbonyl (C=O) groups excluding carboxylic acids is 1. The predicted molar refractivity (Wildman–Crippen MR) is 78.4 cm³/mol. The minimum Gasteiger partial charge on any atom is -0.384 e. The van der Waals surface area contributed by atoms with Gasteiger partial charge in [0.15, 0.2) is 5.82 Å². The van der Waals surface area contributed by atoms with E-state index in [4.69, 9.17) is 15.0 Å². The van der Waals surface area contributed by atoms with Crippen molar-refractivity contribution in [3.63, 3.8) is 0 Å². The third-order valence-corrected chi connectivity index (χ3v) is 3.96. The molecule has 0 aliphatic heterocycles. The fraction of sp³-hybridized carbons (Fsp3) is 0.786. The Morgan fingerprint density at radius 2 is 2.10 bits per heavy atom. The number of nitrogens with zero attached hydrogens (tertiary/aromatic N) is 3. The molecular weight excluding hydrogens is 272 g/mol. The Morgan fingerprint density at radius 1 is 1.43 bits per heavy atom. The molecule has 1 aromatic rings. The van der Waals surface area contributed by atoms with Gasteiger partial charge in [-0.3, -0.25) is 4.79 Å². The van der Waals surface area contributed by atoms with E-state index in [1.54, 1.807) is 19.1 Å². The molecule has 0 atom stereocenters. The Hall–Kier alpha value is -1.47. The number of amides is 1. The van der Waals surface area contributed by atoms with Crippen LogP contribution in [0.25, 0.3) is 0 Å². The maximum atomic E-state index is 12.6. The highest BCUT2D eigenvalue weighted by atomic mass is 16.5. The van der Waals surface area contributed by atoms with Crippen molar-refractivity contribution >= 4 is 5.91 Å². The van der Waals surface area contributed by atoms with Crippen LogP contribution >= 0.6 is 0 Å². The standard InChI is InChI=1S/C14H26N4O3/c1-5-14(6-2,10-15)13(19)18(3)9-12-16-11(17-21-12)7-8-20-4/h5-10,15H2,1-4H3. The maximum absolute atomic E-state index is 12.6. The quantitative estimate of drug-likeness (QED) is 0.730. The lowest BCUT2D eigenvalue weighted by molar-refractivity contribution is -0.141. The number of methoxy groups -OCH3 is 1. The minimum absolute atomic E-state index is 0.0200. The normalized spacial score (nSPS) is 11.7. The Bertz CT molecular complexity index is 435.